The van der Waals surface area contributed by atoms with Gasteiger partial charge >= 0.3 is 0 Å². The Morgan fingerprint density at radius 2 is 2.00 bits per heavy atom. The van der Waals surface area contributed by atoms with E-state index in [0.717, 1.165) is 0 Å². The molecule has 25 heavy (non-hydrogen) atoms. The Bertz CT molecular complexity index is 996. The molecule has 2 heterocycles. The molecule has 1 N–H and O–H groups in total. The number of amides is 1. The number of halogens is 2. The summed E-state index contributed by atoms with van der Waals surface area (Å²) < 4.78 is 1.46. The van der Waals surface area contributed by atoms with Crippen LogP contribution in [0.3, 0.4) is 0 Å². The minimum atomic E-state index is -0.465. The molecule has 1 unspecified atom stereocenters. The molecule has 9 heteroatoms. The Balaban J connectivity index is 1.79. The van der Waals surface area contributed by atoms with Crippen LogP contribution in [0.5, 0.6) is 0 Å². The molecule has 2 aromatic heterocycles. The van der Waals surface area contributed by atoms with E-state index >= 15 is 0 Å². The second-order valence-corrected chi connectivity index (χ2v) is 8.38. The molecule has 3 aromatic rings. The fourth-order valence-electron chi connectivity index (χ4n) is 2.17. The third-order valence-electron chi connectivity index (χ3n) is 3.45. The predicted octanol–water partition coefficient (Wildman–Crippen LogP) is 4.42. The van der Waals surface area contributed by atoms with Gasteiger partial charge in [-0.15, -0.1) is 11.3 Å². The van der Waals surface area contributed by atoms with Gasteiger partial charge in [0.2, 0.25) is 5.91 Å². The van der Waals surface area contributed by atoms with Crippen molar-refractivity contribution in [1.82, 2.24) is 9.55 Å². The third-order valence-corrected chi connectivity index (χ3v) is 5.83. The van der Waals surface area contributed by atoms with E-state index < -0.39 is 5.25 Å². The van der Waals surface area contributed by atoms with Gasteiger partial charge in [0, 0.05) is 22.8 Å². The Kier molecular flexibility index (Phi) is 5.38. The lowest BCUT2D eigenvalue weighted by Gasteiger charge is -2.14. The van der Waals surface area contributed by atoms with Crippen LogP contribution in [-0.4, -0.2) is 20.7 Å². The van der Waals surface area contributed by atoms with E-state index in [-0.39, 0.29) is 11.5 Å². The van der Waals surface area contributed by atoms with Crippen LogP contribution in [0, 0.1) is 0 Å². The highest BCUT2D eigenvalue weighted by molar-refractivity contribution is 8.00. The van der Waals surface area contributed by atoms with Crippen LogP contribution in [0.1, 0.15) is 6.92 Å². The van der Waals surface area contributed by atoms with E-state index in [0.29, 0.717) is 31.1 Å². The van der Waals surface area contributed by atoms with E-state index in [1.54, 1.807) is 38.2 Å². The van der Waals surface area contributed by atoms with Crippen molar-refractivity contribution in [1.29, 1.82) is 0 Å². The molecule has 0 saturated carbocycles. The first-order valence-corrected chi connectivity index (χ1v) is 9.74. The van der Waals surface area contributed by atoms with Crippen LogP contribution in [0.4, 0.5) is 5.69 Å². The number of thiophene rings is 1. The second-order valence-electron chi connectivity index (χ2n) is 5.31. The minimum absolute atomic E-state index is 0.122. The number of rotatable bonds is 4. The second kappa shape index (κ2) is 7.37. The number of carbonyl (C=O) groups excluding carboxylic acids is 1. The SMILES string of the molecule is CC(Sc1nc2sccc2c(=O)n1C)C(=O)Nc1cc(Cl)cc(Cl)c1. The third kappa shape index (κ3) is 4.00. The van der Waals surface area contributed by atoms with Crippen LogP contribution >= 0.6 is 46.3 Å². The number of thioether (sulfide) groups is 1. The van der Waals surface area contributed by atoms with Crippen molar-refractivity contribution in [3.63, 3.8) is 0 Å². The monoisotopic (exact) mass is 413 g/mol. The number of hydrogen-bond acceptors (Lipinski definition) is 5. The number of benzene rings is 1. The van der Waals surface area contributed by atoms with Crippen molar-refractivity contribution in [2.24, 2.45) is 7.05 Å². The molecule has 0 aliphatic rings. The summed E-state index contributed by atoms with van der Waals surface area (Å²) in [6.07, 6.45) is 0. The Morgan fingerprint density at radius 3 is 2.68 bits per heavy atom. The summed E-state index contributed by atoms with van der Waals surface area (Å²) in [6, 6.07) is 6.58. The van der Waals surface area contributed by atoms with Crippen molar-refractivity contribution >= 4 is 68.1 Å². The number of anilines is 1. The van der Waals surface area contributed by atoms with Crippen LogP contribution in [-0.2, 0) is 11.8 Å². The molecule has 0 aliphatic carbocycles. The number of nitrogens with one attached hydrogen (secondary N) is 1. The number of carbonyl (C=O) groups is 1. The smallest absolute Gasteiger partial charge is 0.262 e. The number of fused-ring (bicyclic) bond motifs is 1. The van der Waals surface area contributed by atoms with Gasteiger partial charge in [0.25, 0.3) is 5.56 Å². The lowest BCUT2D eigenvalue weighted by molar-refractivity contribution is -0.115. The topological polar surface area (TPSA) is 64.0 Å². The van der Waals surface area contributed by atoms with Crippen molar-refractivity contribution in [2.45, 2.75) is 17.3 Å². The summed E-state index contributed by atoms with van der Waals surface area (Å²) in [7, 11) is 1.65. The van der Waals surface area contributed by atoms with Crippen LogP contribution in [0.25, 0.3) is 10.2 Å². The fraction of sp³-hybridized carbons (Fsp3) is 0.188. The summed E-state index contributed by atoms with van der Waals surface area (Å²) in [6.45, 7) is 1.75. The highest BCUT2D eigenvalue weighted by Crippen LogP contribution is 2.26. The van der Waals surface area contributed by atoms with E-state index in [2.05, 4.69) is 10.3 Å². The molecule has 0 radical (unpaired) electrons. The maximum absolute atomic E-state index is 12.4. The maximum Gasteiger partial charge on any atom is 0.262 e. The highest BCUT2D eigenvalue weighted by atomic mass is 35.5. The molecule has 1 atom stereocenters. The van der Waals surface area contributed by atoms with Gasteiger partial charge in [-0.05, 0) is 36.6 Å². The molecule has 130 valence electrons. The molecule has 0 fully saturated rings. The molecule has 0 spiro atoms. The zero-order valence-electron chi connectivity index (χ0n) is 13.2. The van der Waals surface area contributed by atoms with Gasteiger partial charge in [0.1, 0.15) is 4.83 Å². The molecule has 3 rings (SSSR count). The first-order chi connectivity index (χ1) is 11.8. The van der Waals surface area contributed by atoms with Crippen molar-refractivity contribution in [3.8, 4) is 0 Å². The number of hydrogen-bond donors (Lipinski definition) is 1. The van der Waals surface area contributed by atoms with Gasteiger partial charge in [-0.3, -0.25) is 14.2 Å². The quantitative estimate of drug-likeness (QED) is 0.507. The predicted molar refractivity (Wildman–Crippen MR) is 105 cm³/mol. The summed E-state index contributed by atoms with van der Waals surface area (Å²) in [5, 5.41) is 6.09. The Morgan fingerprint density at radius 1 is 1.32 bits per heavy atom. The van der Waals surface area contributed by atoms with Crippen molar-refractivity contribution in [2.75, 3.05) is 5.32 Å². The summed E-state index contributed by atoms with van der Waals surface area (Å²) in [5.74, 6) is -0.233. The lowest BCUT2D eigenvalue weighted by Crippen LogP contribution is -2.25. The average molecular weight is 414 g/mol. The van der Waals surface area contributed by atoms with Gasteiger partial charge in [0.15, 0.2) is 5.16 Å². The highest BCUT2D eigenvalue weighted by Gasteiger charge is 2.19. The molecular formula is C16H13Cl2N3O2S2. The maximum atomic E-state index is 12.4. The minimum Gasteiger partial charge on any atom is -0.325 e. The van der Waals surface area contributed by atoms with Gasteiger partial charge in [-0.1, -0.05) is 35.0 Å². The van der Waals surface area contributed by atoms with E-state index in [1.807, 2.05) is 5.38 Å². The lowest BCUT2D eigenvalue weighted by atomic mass is 10.3. The van der Waals surface area contributed by atoms with Crippen LogP contribution < -0.4 is 10.9 Å². The molecule has 1 amide bonds. The number of nitrogens with zero attached hydrogens (tertiary/aromatic N) is 2. The molecular weight excluding hydrogens is 401 g/mol. The first-order valence-electron chi connectivity index (χ1n) is 7.23. The average Bonchev–Trinajstić information content (AvgIpc) is 2.99. The van der Waals surface area contributed by atoms with Gasteiger partial charge in [-0.2, -0.15) is 0 Å². The zero-order chi connectivity index (χ0) is 18.1. The molecule has 1 aromatic carbocycles. The van der Waals surface area contributed by atoms with Crippen LogP contribution in [0.15, 0.2) is 39.6 Å². The normalized spacial score (nSPS) is 12.3. The summed E-state index contributed by atoms with van der Waals surface area (Å²) >= 11 is 14.5. The van der Waals surface area contributed by atoms with E-state index in [4.69, 9.17) is 23.2 Å². The first kappa shape index (κ1) is 18.3. The summed E-state index contributed by atoms with van der Waals surface area (Å²) in [5.41, 5.74) is 0.397. The Labute approximate surface area is 162 Å². The Hall–Kier alpha value is -1.54. The van der Waals surface area contributed by atoms with Gasteiger partial charge in [-0.25, -0.2) is 4.98 Å². The van der Waals surface area contributed by atoms with Crippen molar-refractivity contribution in [3.05, 3.63) is 50.0 Å². The molecule has 0 aliphatic heterocycles. The number of aromatic nitrogens is 2. The van der Waals surface area contributed by atoms with Crippen molar-refractivity contribution < 1.29 is 4.79 Å². The van der Waals surface area contributed by atoms with Gasteiger partial charge in [0.05, 0.1) is 10.6 Å². The molecule has 0 bridgehead atoms. The largest absolute Gasteiger partial charge is 0.325 e. The van der Waals surface area contributed by atoms with E-state index in [1.165, 1.54) is 27.7 Å². The molecule has 5 nitrogen and oxygen atoms in total. The van der Waals surface area contributed by atoms with Gasteiger partial charge < -0.3 is 5.32 Å². The van der Waals surface area contributed by atoms with Crippen LogP contribution in [0.2, 0.25) is 10.0 Å². The zero-order valence-corrected chi connectivity index (χ0v) is 16.4. The fourth-order valence-corrected chi connectivity index (χ4v) is 4.37. The van der Waals surface area contributed by atoms with E-state index in [9.17, 15) is 9.59 Å². The standard InChI is InChI=1S/C16H13Cl2N3O2S2/c1-8(13(22)19-11-6-9(17)5-10(18)7-11)25-16-20-14-12(3-4-24-14)15(23)21(16)2/h3-8H,1-2H3,(H,19,22). The molecule has 0 saturated heterocycles. The summed E-state index contributed by atoms with van der Waals surface area (Å²) in [4.78, 5) is 29.9.